The van der Waals surface area contributed by atoms with E-state index in [1.165, 1.54) is 13.1 Å². The third-order valence-electron chi connectivity index (χ3n) is 1.54. The number of nitrogens with two attached hydrogens (primary N) is 2. The van der Waals surface area contributed by atoms with Gasteiger partial charge in [-0.3, -0.25) is 4.79 Å². The lowest BCUT2D eigenvalue weighted by atomic mass is 10.4. The van der Waals surface area contributed by atoms with E-state index in [1.54, 1.807) is 0 Å². The molecule has 4 N–H and O–H groups in total. The van der Waals surface area contributed by atoms with Crippen LogP contribution in [0.4, 0.5) is 5.82 Å². The summed E-state index contributed by atoms with van der Waals surface area (Å²) in [6.45, 7) is 1.64. The minimum atomic E-state index is -0.363. The van der Waals surface area contributed by atoms with Crippen molar-refractivity contribution in [1.82, 2.24) is 9.97 Å². The van der Waals surface area contributed by atoms with Crippen molar-refractivity contribution < 1.29 is 9.53 Å². The van der Waals surface area contributed by atoms with E-state index in [4.69, 9.17) is 16.2 Å². The second-order valence-corrected chi connectivity index (χ2v) is 2.68. The fourth-order valence-corrected chi connectivity index (χ4v) is 0.873. The van der Waals surface area contributed by atoms with Crippen LogP contribution in [0, 0.1) is 0 Å². The molecule has 0 unspecified atom stereocenters. The molecule has 6 nitrogen and oxygen atoms in total. The van der Waals surface area contributed by atoms with Crippen LogP contribution in [-0.4, -0.2) is 15.9 Å². The Balaban J connectivity index is 2.74. The normalized spacial score (nSPS) is 9.86. The van der Waals surface area contributed by atoms with Crippen LogP contribution < -0.4 is 11.5 Å². The Morgan fingerprint density at radius 1 is 1.64 bits per heavy atom. The molecule has 0 saturated heterocycles. The van der Waals surface area contributed by atoms with E-state index in [0.717, 1.165) is 0 Å². The standard InChI is InChI=1S/C8H12N4O2/c1-5(13)14-4-6-3-11-8(10)7(2-9)12-6/h3H,2,4,9H2,1H3,(H2,10,11). The molecule has 6 heteroatoms. The highest BCUT2D eigenvalue weighted by molar-refractivity contribution is 5.65. The summed E-state index contributed by atoms with van der Waals surface area (Å²) >= 11 is 0. The van der Waals surface area contributed by atoms with E-state index >= 15 is 0 Å². The highest BCUT2D eigenvalue weighted by Crippen LogP contribution is 2.05. The van der Waals surface area contributed by atoms with E-state index < -0.39 is 0 Å². The Kier molecular flexibility index (Phi) is 3.35. The number of carbonyl (C=O) groups excluding carboxylic acids is 1. The summed E-state index contributed by atoms with van der Waals surface area (Å²) in [6.07, 6.45) is 1.46. The Morgan fingerprint density at radius 2 is 2.36 bits per heavy atom. The third kappa shape index (κ3) is 2.67. The fourth-order valence-electron chi connectivity index (χ4n) is 0.873. The van der Waals surface area contributed by atoms with Crippen molar-refractivity contribution in [2.45, 2.75) is 20.1 Å². The van der Waals surface area contributed by atoms with Gasteiger partial charge in [-0.1, -0.05) is 0 Å². The summed E-state index contributed by atoms with van der Waals surface area (Å²) in [5.74, 6) is -0.0583. The SMILES string of the molecule is CC(=O)OCc1cnc(N)c(CN)n1. The van der Waals surface area contributed by atoms with Crippen molar-refractivity contribution in [3.8, 4) is 0 Å². The van der Waals surface area contributed by atoms with Crippen LogP contribution in [0.2, 0.25) is 0 Å². The summed E-state index contributed by atoms with van der Waals surface area (Å²) < 4.78 is 4.74. The zero-order chi connectivity index (χ0) is 10.6. The molecule has 0 saturated carbocycles. The van der Waals surface area contributed by atoms with Gasteiger partial charge in [0.1, 0.15) is 12.4 Å². The van der Waals surface area contributed by atoms with Gasteiger partial charge in [-0.2, -0.15) is 0 Å². The second-order valence-electron chi connectivity index (χ2n) is 2.68. The number of nitrogens with zero attached hydrogens (tertiary/aromatic N) is 2. The van der Waals surface area contributed by atoms with Gasteiger partial charge >= 0.3 is 5.97 Å². The molecule has 0 aliphatic rings. The molecule has 76 valence electrons. The lowest BCUT2D eigenvalue weighted by molar-refractivity contribution is -0.142. The third-order valence-corrected chi connectivity index (χ3v) is 1.54. The molecule has 0 aliphatic carbocycles. The van der Waals surface area contributed by atoms with Crippen LogP contribution in [0.15, 0.2) is 6.20 Å². The lowest BCUT2D eigenvalue weighted by Crippen LogP contribution is -2.09. The summed E-state index contributed by atoms with van der Waals surface area (Å²) in [5, 5.41) is 0. The Bertz CT molecular complexity index is 340. The zero-order valence-corrected chi connectivity index (χ0v) is 7.86. The first-order valence-electron chi connectivity index (χ1n) is 4.07. The Labute approximate surface area is 81.3 Å². The minimum Gasteiger partial charge on any atom is -0.459 e. The van der Waals surface area contributed by atoms with Gasteiger partial charge in [0.2, 0.25) is 0 Å². The maximum atomic E-state index is 10.5. The molecule has 1 aromatic heterocycles. The number of carbonyl (C=O) groups is 1. The number of ether oxygens (including phenoxy) is 1. The van der Waals surface area contributed by atoms with Gasteiger partial charge in [0, 0.05) is 13.5 Å². The summed E-state index contributed by atoms with van der Waals surface area (Å²) in [6, 6.07) is 0. The average molecular weight is 196 g/mol. The molecule has 0 fully saturated rings. The van der Waals surface area contributed by atoms with Crippen molar-refractivity contribution in [2.24, 2.45) is 5.73 Å². The van der Waals surface area contributed by atoms with E-state index in [1.807, 2.05) is 0 Å². The zero-order valence-electron chi connectivity index (χ0n) is 7.86. The number of esters is 1. The number of anilines is 1. The molecular formula is C8H12N4O2. The van der Waals surface area contributed by atoms with Crippen LogP contribution in [0.3, 0.4) is 0 Å². The average Bonchev–Trinajstić information content (AvgIpc) is 2.16. The van der Waals surface area contributed by atoms with Crippen molar-refractivity contribution in [3.63, 3.8) is 0 Å². The number of aromatic nitrogens is 2. The van der Waals surface area contributed by atoms with E-state index in [-0.39, 0.29) is 19.1 Å². The summed E-state index contributed by atoms with van der Waals surface area (Å²) in [4.78, 5) is 18.5. The molecule has 1 rings (SSSR count). The van der Waals surface area contributed by atoms with Crippen LogP contribution in [-0.2, 0) is 22.7 Å². The molecule has 1 heterocycles. The van der Waals surface area contributed by atoms with E-state index in [2.05, 4.69) is 9.97 Å². The summed E-state index contributed by atoms with van der Waals surface area (Å²) in [5.41, 5.74) is 11.9. The van der Waals surface area contributed by atoms with Gasteiger partial charge in [-0.05, 0) is 0 Å². The second kappa shape index (κ2) is 4.52. The lowest BCUT2D eigenvalue weighted by Gasteiger charge is -2.04. The molecule has 0 bridgehead atoms. The number of hydrogen-bond donors (Lipinski definition) is 2. The number of rotatable bonds is 3. The molecule has 0 amide bonds. The molecular weight excluding hydrogens is 184 g/mol. The van der Waals surface area contributed by atoms with E-state index in [9.17, 15) is 4.79 Å². The molecule has 0 atom stereocenters. The monoisotopic (exact) mass is 196 g/mol. The van der Waals surface area contributed by atoms with Crippen molar-refractivity contribution >= 4 is 11.8 Å². The van der Waals surface area contributed by atoms with Gasteiger partial charge in [0.15, 0.2) is 0 Å². The molecule has 0 spiro atoms. The van der Waals surface area contributed by atoms with Crippen LogP contribution in [0.25, 0.3) is 0 Å². The van der Waals surface area contributed by atoms with Crippen molar-refractivity contribution in [1.29, 1.82) is 0 Å². The first-order valence-corrected chi connectivity index (χ1v) is 4.07. The van der Waals surface area contributed by atoms with Crippen LogP contribution >= 0.6 is 0 Å². The van der Waals surface area contributed by atoms with Crippen molar-refractivity contribution in [3.05, 3.63) is 17.6 Å². The first kappa shape index (κ1) is 10.4. The predicted octanol–water partition coefficient (Wildman–Crippen LogP) is -0.419. The maximum absolute atomic E-state index is 10.5. The van der Waals surface area contributed by atoms with Crippen LogP contribution in [0.1, 0.15) is 18.3 Å². The first-order chi connectivity index (χ1) is 6.63. The molecule has 0 aliphatic heterocycles. The number of hydrogen-bond acceptors (Lipinski definition) is 6. The van der Waals surface area contributed by atoms with Gasteiger partial charge in [0.05, 0.1) is 17.6 Å². The Morgan fingerprint density at radius 3 is 2.93 bits per heavy atom. The van der Waals surface area contributed by atoms with Gasteiger partial charge < -0.3 is 16.2 Å². The Hall–Kier alpha value is -1.69. The van der Waals surface area contributed by atoms with Gasteiger partial charge in [-0.25, -0.2) is 9.97 Å². The fraction of sp³-hybridized carbons (Fsp3) is 0.375. The maximum Gasteiger partial charge on any atom is 0.303 e. The van der Waals surface area contributed by atoms with Crippen LogP contribution in [0.5, 0.6) is 0 Å². The summed E-state index contributed by atoms with van der Waals surface area (Å²) in [7, 11) is 0. The van der Waals surface area contributed by atoms with Gasteiger partial charge in [-0.15, -0.1) is 0 Å². The van der Waals surface area contributed by atoms with Crippen molar-refractivity contribution in [2.75, 3.05) is 5.73 Å². The highest BCUT2D eigenvalue weighted by Gasteiger charge is 2.03. The topological polar surface area (TPSA) is 104 Å². The number of nitrogen functional groups attached to an aromatic ring is 1. The quantitative estimate of drug-likeness (QED) is 0.636. The van der Waals surface area contributed by atoms with E-state index in [0.29, 0.717) is 17.2 Å². The largest absolute Gasteiger partial charge is 0.459 e. The predicted molar refractivity (Wildman–Crippen MR) is 49.8 cm³/mol. The van der Waals surface area contributed by atoms with Gasteiger partial charge in [0.25, 0.3) is 0 Å². The molecule has 0 radical (unpaired) electrons. The molecule has 0 aromatic carbocycles. The molecule has 1 aromatic rings. The molecule has 14 heavy (non-hydrogen) atoms. The smallest absolute Gasteiger partial charge is 0.303 e. The minimum absolute atomic E-state index is 0.0929. The highest BCUT2D eigenvalue weighted by atomic mass is 16.5.